The van der Waals surface area contributed by atoms with Crippen molar-refractivity contribution >= 4 is 14.0 Å². The number of nitrogens with zero attached hydrogens (tertiary/aromatic N) is 1. The topological polar surface area (TPSA) is 30.8 Å². The summed E-state index contributed by atoms with van der Waals surface area (Å²) in [5.74, 6) is 2.26. The van der Waals surface area contributed by atoms with Crippen LogP contribution in [-0.4, -0.2) is 21.1 Å². The van der Waals surface area contributed by atoms with Gasteiger partial charge in [0.1, 0.15) is 12.9 Å². The third-order valence-electron chi connectivity index (χ3n) is 6.53. The highest BCUT2D eigenvalue weighted by atomic mass is 28.4. The zero-order valence-electron chi connectivity index (χ0n) is 16.8. The lowest BCUT2D eigenvalue weighted by Crippen LogP contribution is -2.37. The second-order valence-corrected chi connectivity index (χ2v) is 13.7. The molecule has 0 radical (unpaired) electrons. The molecule has 3 unspecified atom stereocenters. The Hall–Kier alpha value is -1.55. The molecule has 0 bridgehead atoms. The molecule has 0 aromatic heterocycles. The lowest BCUT2D eigenvalue weighted by atomic mass is 9.60. The molecule has 2 fully saturated rings. The monoisotopic (exact) mass is 369 g/mol. The van der Waals surface area contributed by atoms with E-state index < -0.39 is 8.32 Å². The van der Waals surface area contributed by atoms with Crippen molar-refractivity contribution in [3.63, 3.8) is 0 Å². The third-order valence-corrected chi connectivity index (χ3v) is 7.38. The van der Waals surface area contributed by atoms with Crippen molar-refractivity contribution in [2.24, 2.45) is 16.5 Å². The molecule has 4 rings (SSSR count). The van der Waals surface area contributed by atoms with Crippen molar-refractivity contribution in [3.05, 3.63) is 41.0 Å². The van der Waals surface area contributed by atoms with E-state index >= 15 is 0 Å². The van der Waals surface area contributed by atoms with E-state index in [-0.39, 0.29) is 5.41 Å². The molecule has 0 aliphatic heterocycles. The van der Waals surface area contributed by atoms with Gasteiger partial charge in [0.2, 0.25) is 8.32 Å². The predicted molar refractivity (Wildman–Crippen MR) is 109 cm³/mol. The van der Waals surface area contributed by atoms with Crippen LogP contribution in [0.1, 0.15) is 49.7 Å². The van der Waals surface area contributed by atoms with Gasteiger partial charge in [-0.25, -0.2) is 0 Å². The van der Waals surface area contributed by atoms with E-state index in [1.807, 2.05) is 0 Å². The lowest BCUT2D eigenvalue weighted by molar-refractivity contribution is 0.198. The molecule has 0 amide bonds. The average molecular weight is 370 g/mol. The number of oxime groups is 1. The maximum atomic E-state index is 6.22. The van der Waals surface area contributed by atoms with Crippen LogP contribution < -0.4 is 4.43 Å². The first-order chi connectivity index (χ1) is 12.3. The van der Waals surface area contributed by atoms with Crippen molar-refractivity contribution in [2.75, 3.05) is 7.11 Å². The Labute approximate surface area is 158 Å². The average Bonchev–Trinajstić information content (AvgIpc) is 2.90. The van der Waals surface area contributed by atoms with Crippen LogP contribution in [0, 0.1) is 11.3 Å². The second kappa shape index (κ2) is 6.26. The molecular weight excluding hydrogens is 338 g/mol. The Kier molecular flexibility index (Phi) is 4.29. The molecule has 3 nitrogen and oxygen atoms in total. The Balaban J connectivity index is 1.63. The molecule has 0 spiro atoms. The highest BCUT2D eigenvalue weighted by Gasteiger charge is 2.51. The molecule has 2 saturated carbocycles. The van der Waals surface area contributed by atoms with Crippen molar-refractivity contribution in [2.45, 2.75) is 64.6 Å². The fraction of sp³-hybridized carbons (Fsp3) is 0.591. The molecule has 3 aliphatic carbocycles. The van der Waals surface area contributed by atoms with Crippen molar-refractivity contribution in [3.8, 4) is 5.75 Å². The number of benzene rings is 1. The normalized spacial score (nSPS) is 31.7. The first-order valence-electron chi connectivity index (χ1n) is 9.94. The van der Waals surface area contributed by atoms with E-state index in [0.29, 0.717) is 11.8 Å². The summed E-state index contributed by atoms with van der Waals surface area (Å²) in [4.78, 5) is 5.14. The first-order valence-corrected chi connectivity index (χ1v) is 13.3. The van der Waals surface area contributed by atoms with Gasteiger partial charge in [0, 0.05) is 11.3 Å². The third kappa shape index (κ3) is 2.92. The van der Waals surface area contributed by atoms with Gasteiger partial charge in [-0.3, -0.25) is 0 Å². The van der Waals surface area contributed by atoms with Gasteiger partial charge in [-0.1, -0.05) is 29.8 Å². The summed E-state index contributed by atoms with van der Waals surface area (Å²) >= 11 is 0. The van der Waals surface area contributed by atoms with Crippen LogP contribution in [0.15, 0.2) is 35.0 Å². The smallest absolute Gasteiger partial charge is 0.242 e. The minimum absolute atomic E-state index is 0.191. The van der Waals surface area contributed by atoms with Gasteiger partial charge in [0.05, 0.1) is 5.71 Å². The number of hydrogen-bond donors (Lipinski definition) is 0. The largest absolute Gasteiger partial charge is 0.544 e. The zero-order chi connectivity index (χ0) is 18.5. The Morgan fingerprint density at radius 3 is 2.73 bits per heavy atom. The summed E-state index contributed by atoms with van der Waals surface area (Å²) in [5.41, 5.74) is 6.11. The molecule has 0 saturated heterocycles. The fourth-order valence-electron chi connectivity index (χ4n) is 5.42. The van der Waals surface area contributed by atoms with Gasteiger partial charge in [-0.15, -0.1) is 0 Å². The van der Waals surface area contributed by atoms with Gasteiger partial charge >= 0.3 is 0 Å². The molecule has 4 heteroatoms. The Bertz CT molecular complexity index is 777. The molecular formula is C22H31NO2Si. The van der Waals surface area contributed by atoms with E-state index in [1.54, 1.807) is 12.7 Å². The number of allylic oxidation sites excluding steroid dienone is 2. The first kappa shape index (κ1) is 17.8. The molecule has 0 heterocycles. The minimum atomic E-state index is -1.56. The summed E-state index contributed by atoms with van der Waals surface area (Å²) in [6, 6.07) is 6.83. The standard InChI is InChI=1S/C22H31NO2Si/c1-22-13-12-18-17-9-7-16(25-26(3,4)5)14-15(17)6-8-19(18)20(22)10-11-21(22)23-24-2/h7-9,14,18,20H,6,10-13H2,1-5H3/b23-21+. The van der Waals surface area contributed by atoms with Crippen LogP contribution in [0.5, 0.6) is 5.75 Å². The summed E-state index contributed by atoms with van der Waals surface area (Å²) < 4.78 is 6.22. The van der Waals surface area contributed by atoms with Crippen LogP contribution in [0.2, 0.25) is 19.6 Å². The highest BCUT2D eigenvalue weighted by molar-refractivity contribution is 6.70. The Morgan fingerprint density at radius 1 is 1.19 bits per heavy atom. The van der Waals surface area contributed by atoms with Crippen molar-refractivity contribution < 1.29 is 9.26 Å². The van der Waals surface area contributed by atoms with E-state index in [9.17, 15) is 0 Å². The van der Waals surface area contributed by atoms with E-state index in [2.05, 4.69) is 56.0 Å². The molecule has 1 aromatic rings. The summed E-state index contributed by atoms with van der Waals surface area (Å²) in [5, 5.41) is 4.38. The predicted octanol–water partition coefficient (Wildman–Crippen LogP) is 5.68. The summed E-state index contributed by atoms with van der Waals surface area (Å²) in [7, 11) is 0.111. The number of rotatable bonds is 3. The van der Waals surface area contributed by atoms with E-state index in [1.165, 1.54) is 36.1 Å². The minimum Gasteiger partial charge on any atom is -0.544 e. The highest BCUT2D eigenvalue weighted by Crippen LogP contribution is 2.58. The van der Waals surface area contributed by atoms with Gasteiger partial charge in [-0.2, -0.15) is 0 Å². The van der Waals surface area contributed by atoms with Crippen LogP contribution in [-0.2, 0) is 11.3 Å². The lowest BCUT2D eigenvalue weighted by Gasteiger charge is -2.44. The van der Waals surface area contributed by atoms with Gasteiger partial charge in [-0.05, 0) is 80.9 Å². The Morgan fingerprint density at radius 2 is 2.00 bits per heavy atom. The maximum absolute atomic E-state index is 6.22. The van der Waals surface area contributed by atoms with Crippen LogP contribution in [0.4, 0.5) is 0 Å². The summed E-state index contributed by atoms with van der Waals surface area (Å²) in [6.45, 7) is 9.13. The zero-order valence-corrected chi connectivity index (χ0v) is 17.8. The molecule has 26 heavy (non-hydrogen) atoms. The maximum Gasteiger partial charge on any atom is 0.242 e. The quantitative estimate of drug-likeness (QED) is 0.390. The summed E-state index contributed by atoms with van der Waals surface area (Å²) in [6.07, 6.45) is 8.26. The van der Waals surface area contributed by atoms with Crippen molar-refractivity contribution in [1.29, 1.82) is 0 Å². The fourth-order valence-corrected chi connectivity index (χ4v) is 6.25. The SMILES string of the molecule is CO/N=C1\CCC2C3=CCc4cc(O[Si](C)(C)C)ccc4C3CCC12C. The second-order valence-electron chi connectivity index (χ2n) is 9.30. The van der Waals surface area contributed by atoms with E-state index in [4.69, 9.17) is 9.26 Å². The van der Waals surface area contributed by atoms with Crippen LogP contribution in [0.25, 0.3) is 0 Å². The number of hydrogen-bond acceptors (Lipinski definition) is 3. The van der Waals surface area contributed by atoms with E-state index in [0.717, 1.165) is 18.6 Å². The van der Waals surface area contributed by atoms with Gasteiger partial charge < -0.3 is 9.26 Å². The van der Waals surface area contributed by atoms with Gasteiger partial charge in [0.25, 0.3) is 0 Å². The molecule has 1 aromatic carbocycles. The molecule has 3 atom stereocenters. The van der Waals surface area contributed by atoms with Crippen LogP contribution in [0.3, 0.4) is 0 Å². The molecule has 140 valence electrons. The molecule has 3 aliphatic rings. The van der Waals surface area contributed by atoms with Gasteiger partial charge in [0.15, 0.2) is 0 Å². The van der Waals surface area contributed by atoms with Crippen LogP contribution >= 0.6 is 0 Å². The molecule has 0 N–H and O–H groups in total. The number of fused-ring (bicyclic) bond motifs is 5. The van der Waals surface area contributed by atoms with Crippen molar-refractivity contribution in [1.82, 2.24) is 0 Å².